The number of hydrogen-bond donors (Lipinski definition) is 4. The van der Waals surface area contributed by atoms with E-state index in [9.17, 15) is 9.90 Å². The van der Waals surface area contributed by atoms with Crippen LogP contribution in [-0.4, -0.2) is 70.7 Å². The van der Waals surface area contributed by atoms with E-state index in [0.717, 1.165) is 5.56 Å². The number of methoxy groups -OCH3 is 1. The van der Waals surface area contributed by atoms with Crippen molar-refractivity contribution in [3.8, 4) is 11.5 Å². The molecule has 1 aromatic rings. The van der Waals surface area contributed by atoms with Crippen LogP contribution < -0.4 is 14.8 Å². The number of cyclic esters (lactones) is 1. The normalized spacial score (nSPS) is 15.5. The summed E-state index contributed by atoms with van der Waals surface area (Å²) in [5.41, 5.74) is 0.377. The molecule has 0 fully saturated rings. The lowest BCUT2D eigenvalue weighted by Crippen LogP contribution is -2.49. The Balaban J connectivity index is 0.000000703. The van der Waals surface area contributed by atoms with Crippen molar-refractivity contribution in [2.75, 3.05) is 20.3 Å². The molecule has 0 aromatic heterocycles. The number of nitrogens with one attached hydrogen (secondary N) is 1. The largest absolute Gasteiger partial charge is 0.497 e. The number of carbonyl (C=O) groups excluding carboxylic acids is 1. The molecule has 10 heteroatoms. The highest BCUT2D eigenvalue weighted by molar-refractivity contribution is 6.27. The third-order valence-corrected chi connectivity index (χ3v) is 4.31. The van der Waals surface area contributed by atoms with E-state index in [-0.39, 0.29) is 24.2 Å². The van der Waals surface area contributed by atoms with Gasteiger partial charge in [-0.15, -0.1) is 0 Å². The molecule has 10 nitrogen and oxygen atoms in total. The first-order chi connectivity index (χ1) is 14.2. The predicted molar refractivity (Wildman–Crippen MR) is 111 cm³/mol. The van der Waals surface area contributed by atoms with E-state index in [4.69, 9.17) is 34.0 Å². The van der Waals surface area contributed by atoms with E-state index >= 15 is 0 Å². The van der Waals surface area contributed by atoms with Crippen LogP contribution in [0.3, 0.4) is 0 Å². The number of fused-ring (bicyclic) bond motifs is 1. The van der Waals surface area contributed by atoms with Gasteiger partial charge in [0.05, 0.1) is 19.3 Å². The summed E-state index contributed by atoms with van der Waals surface area (Å²) in [4.78, 5) is 30.5. The van der Waals surface area contributed by atoms with E-state index < -0.39 is 17.5 Å². The molecule has 1 heterocycles. The molecule has 1 atom stereocenters. The van der Waals surface area contributed by atoms with Gasteiger partial charge in [-0.25, -0.2) is 14.4 Å². The van der Waals surface area contributed by atoms with Gasteiger partial charge in [-0.3, -0.25) is 0 Å². The number of carboxylic acids is 2. The van der Waals surface area contributed by atoms with Gasteiger partial charge in [-0.2, -0.15) is 0 Å². The molecule has 0 spiro atoms. The fraction of sp³-hybridized carbons (Fsp3) is 0.571. The van der Waals surface area contributed by atoms with Crippen LogP contribution in [0.25, 0.3) is 0 Å². The molecular formula is C21H31NO9. The van der Waals surface area contributed by atoms with Crippen LogP contribution in [0.2, 0.25) is 0 Å². The number of aliphatic hydroxyl groups excluding tert-OH is 1. The summed E-state index contributed by atoms with van der Waals surface area (Å²) in [5.74, 6) is -2.82. The van der Waals surface area contributed by atoms with Gasteiger partial charge in [0, 0.05) is 29.6 Å². The maximum atomic E-state index is 12.3. The van der Waals surface area contributed by atoms with Gasteiger partial charge in [0.2, 0.25) is 0 Å². The number of hydrogen-bond acceptors (Lipinski definition) is 8. The second kappa shape index (κ2) is 10.5. The first kappa shape index (κ1) is 26.2. The minimum absolute atomic E-state index is 0.0209. The van der Waals surface area contributed by atoms with Crippen molar-refractivity contribution >= 4 is 17.9 Å². The molecule has 2 rings (SSSR count). The van der Waals surface area contributed by atoms with E-state index in [1.54, 1.807) is 19.2 Å². The molecule has 174 valence electrons. The zero-order valence-corrected chi connectivity index (χ0v) is 18.6. The molecule has 1 unspecified atom stereocenters. The lowest BCUT2D eigenvalue weighted by atomic mass is 9.90. The lowest BCUT2D eigenvalue weighted by Gasteiger charge is -2.33. The highest BCUT2D eigenvalue weighted by Gasteiger charge is 2.35. The number of carboxylic acid groups (broad SMARTS) is 2. The maximum Gasteiger partial charge on any atom is 0.414 e. The molecule has 1 aromatic carbocycles. The van der Waals surface area contributed by atoms with E-state index in [1.165, 1.54) is 0 Å². The second-order valence-corrected chi connectivity index (χ2v) is 8.49. The molecular weight excluding hydrogens is 410 g/mol. The number of rotatable bonds is 7. The molecule has 0 amide bonds. The summed E-state index contributed by atoms with van der Waals surface area (Å²) < 4.78 is 16.8. The average Bonchev–Trinajstić information content (AvgIpc) is 2.65. The summed E-state index contributed by atoms with van der Waals surface area (Å²) in [7, 11) is 1.55. The fourth-order valence-corrected chi connectivity index (χ4v) is 2.97. The van der Waals surface area contributed by atoms with Crippen molar-refractivity contribution in [3.05, 3.63) is 23.3 Å². The van der Waals surface area contributed by atoms with Crippen molar-refractivity contribution in [2.45, 2.75) is 58.2 Å². The highest BCUT2D eigenvalue weighted by Crippen LogP contribution is 2.37. The Morgan fingerprint density at radius 2 is 1.84 bits per heavy atom. The molecule has 0 radical (unpaired) electrons. The topological polar surface area (TPSA) is 152 Å². The summed E-state index contributed by atoms with van der Waals surface area (Å²) >= 11 is 0. The van der Waals surface area contributed by atoms with Crippen LogP contribution in [0.4, 0.5) is 0 Å². The van der Waals surface area contributed by atoms with Crippen LogP contribution in [0, 0.1) is 0 Å². The van der Waals surface area contributed by atoms with Gasteiger partial charge >= 0.3 is 17.9 Å². The molecule has 0 aliphatic carbocycles. The van der Waals surface area contributed by atoms with E-state index in [1.807, 2.05) is 34.6 Å². The van der Waals surface area contributed by atoms with Crippen molar-refractivity contribution in [1.82, 2.24) is 5.32 Å². The fourth-order valence-electron chi connectivity index (χ4n) is 2.97. The lowest BCUT2D eigenvalue weighted by molar-refractivity contribution is -0.159. The standard InChI is InChI=1S/C19H29NO5.C2H2O4/c1-12(20-18(2,3)11-21)10-24-16-8-13(23-6)7-14-15(16)9-19(4,5)25-17(14)22;3-1(4)2(5)6/h7-8,12,20-21H,9-11H2,1-6H3;(H,3,4)(H,5,6). The second-order valence-electron chi connectivity index (χ2n) is 8.49. The van der Waals surface area contributed by atoms with Gasteiger partial charge in [-0.1, -0.05) is 0 Å². The monoisotopic (exact) mass is 441 g/mol. The first-order valence-corrected chi connectivity index (χ1v) is 9.63. The minimum atomic E-state index is -1.82. The Morgan fingerprint density at radius 3 is 2.32 bits per heavy atom. The number of aliphatic hydroxyl groups is 1. The minimum Gasteiger partial charge on any atom is -0.497 e. The van der Waals surface area contributed by atoms with E-state index in [2.05, 4.69) is 5.32 Å². The molecule has 31 heavy (non-hydrogen) atoms. The van der Waals surface area contributed by atoms with Crippen LogP contribution in [0.1, 0.15) is 50.5 Å². The van der Waals surface area contributed by atoms with E-state index in [0.29, 0.717) is 30.1 Å². The third kappa shape index (κ3) is 8.06. The number of esters is 1. The first-order valence-electron chi connectivity index (χ1n) is 9.63. The van der Waals surface area contributed by atoms with Crippen LogP contribution in [-0.2, 0) is 20.7 Å². The smallest absolute Gasteiger partial charge is 0.414 e. The quantitative estimate of drug-likeness (QED) is 0.361. The van der Waals surface area contributed by atoms with Crippen molar-refractivity contribution in [1.29, 1.82) is 0 Å². The Morgan fingerprint density at radius 1 is 1.26 bits per heavy atom. The SMILES string of the molecule is COc1cc(OCC(C)NC(C)(C)CO)c2c(c1)C(=O)OC(C)(C)C2.O=C(O)C(=O)O. The van der Waals surface area contributed by atoms with Crippen LogP contribution >= 0.6 is 0 Å². The zero-order chi connectivity index (χ0) is 24.0. The van der Waals surface area contributed by atoms with Crippen molar-refractivity contribution in [2.24, 2.45) is 0 Å². The molecule has 0 saturated heterocycles. The number of aliphatic carboxylic acids is 2. The zero-order valence-electron chi connectivity index (χ0n) is 18.6. The summed E-state index contributed by atoms with van der Waals surface area (Å²) in [6, 6.07) is 3.51. The molecule has 1 aliphatic rings. The van der Waals surface area contributed by atoms with Gasteiger partial charge in [0.25, 0.3) is 0 Å². The van der Waals surface area contributed by atoms with Gasteiger partial charge in [0.1, 0.15) is 23.7 Å². The molecule has 0 bridgehead atoms. The summed E-state index contributed by atoms with van der Waals surface area (Å²) in [5, 5.41) is 27.5. The molecule has 0 saturated carbocycles. The van der Waals surface area contributed by atoms with Gasteiger partial charge in [-0.05, 0) is 40.7 Å². The summed E-state index contributed by atoms with van der Waals surface area (Å²) in [6.45, 7) is 10.0. The Bertz CT molecular complexity index is 805. The predicted octanol–water partition coefficient (Wildman–Crippen LogP) is 1.47. The third-order valence-electron chi connectivity index (χ3n) is 4.31. The highest BCUT2D eigenvalue weighted by atomic mass is 16.6. The average molecular weight is 441 g/mol. The van der Waals surface area contributed by atoms with Gasteiger partial charge < -0.3 is 34.8 Å². The number of ether oxygens (including phenoxy) is 3. The number of carbonyl (C=O) groups is 3. The number of benzene rings is 1. The van der Waals surface area contributed by atoms with Crippen LogP contribution in [0.15, 0.2) is 12.1 Å². The van der Waals surface area contributed by atoms with Crippen LogP contribution in [0.5, 0.6) is 11.5 Å². The Kier molecular flexibility index (Phi) is 8.83. The van der Waals surface area contributed by atoms with Gasteiger partial charge in [0.15, 0.2) is 0 Å². The van der Waals surface area contributed by atoms with Crippen molar-refractivity contribution < 1.29 is 43.9 Å². The maximum absolute atomic E-state index is 12.3. The molecule has 1 aliphatic heterocycles. The summed E-state index contributed by atoms with van der Waals surface area (Å²) in [6.07, 6.45) is 0.581. The Hall–Kier alpha value is -2.85. The Labute approximate surface area is 181 Å². The van der Waals surface area contributed by atoms with Crippen molar-refractivity contribution in [3.63, 3.8) is 0 Å². The molecule has 4 N–H and O–H groups in total.